The normalized spacial score (nSPS) is 20.6. The lowest BCUT2D eigenvalue weighted by atomic mass is 9.85. The second-order valence-electron chi connectivity index (χ2n) is 4.56. The van der Waals surface area contributed by atoms with E-state index in [9.17, 15) is 0 Å². The third-order valence-electron chi connectivity index (χ3n) is 3.56. The van der Waals surface area contributed by atoms with Gasteiger partial charge in [-0.05, 0) is 20.8 Å². The minimum absolute atomic E-state index is 0.0803. The lowest BCUT2D eigenvalue weighted by molar-refractivity contribution is 0.202. The first-order valence-electron chi connectivity index (χ1n) is 5.80. The van der Waals surface area contributed by atoms with Gasteiger partial charge >= 0.3 is 0 Å². The maximum Gasteiger partial charge on any atom is 0.0858 e. The largest absolute Gasteiger partial charge is 0.350 e. The van der Waals surface area contributed by atoms with E-state index in [4.69, 9.17) is 0 Å². The van der Waals surface area contributed by atoms with Crippen LogP contribution in [-0.2, 0) is 0 Å². The van der Waals surface area contributed by atoms with E-state index < -0.39 is 0 Å². The highest BCUT2D eigenvalue weighted by Crippen LogP contribution is 2.27. The number of aliphatic imine (C=N–C) groups is 1. The van der Waals surface area contributed by atoms with E-state index in [1.807, 2.05) is 12.4 Å². The van der Waals surface area contributed by atoms with Gasteiger partial charge in [0, 0.05) is 19.1 Å². The second-order valence-corrected chi connectivity index (χ2v) is 4.56. The van der Waals surface area contributed by atoms with Crippen molar-refractivity contribution in [3.05, 3.63) is 24.8 Å². The van der Waals surface area contributed by atoms with Gasteiger partial charge in [-0.2, -0.15) is 0 Å². The Balaban J connectivity index is 2.82. The van der Waals surface area contributed by atoms with Gasteiger partial charge in [-0.1, -0.05) is 18.2 Å². The van der Waals surface area contributed by atoms with Gasteiger partial charge in [0.25, 0.3) is 0 Å². The molecule has 0 aliphatic carbocycles. The number of hydrogen-bond acceptors (Lipinski definition) is 3. The summed E-state index contributed by atoms with van der Waals surface area (Å²) in [4.78, 5) is 6.56. The molecule has 1 heterocycles. The minimum Gasteiger partial charge on any atom is -0.350 e. The molecule has 0 aromatic rings. The first-order chi connectivity index (χ1) is 7.53. The molecule has 3 heteroatoms. The van der Waals surface area contributed by atoms with Crippen molar-refractivity contribution in [3.63, 3.8) is 0 Å². The van der Waals surface area contributed by atoms with Crippen LogP contribution in [0.3, 0.4) is 0 Å². The van der Waals surface area contributed by atoms with E-state index in [2.05, 4.69) is 49.1 Å². The summed E-state index contributed by atoms with van der Waals surface area (Å²) in [6, 6.07) is 0.313. The molecular formula is C13H23N3. The molecule has 1 N–H and O–H groups in total. The third kappa shape index (κ3) is 2.35. The smallest absolute Gasteiger partial charge is 0.0858 e. The van der Waals surface area contributed by atoms with Crippen molar-refractivity contribution in [1.82, 2.24) is 10.2 Å². The van der Waals surface area contributed by atoms with Crippen molar-refractivity contribution in [3.8, 4) is 0 Å². The standard InChI is InChI=1S/C13H23N3/c1-6-7-15-12(4)13(5,11(2)3)16-9-8-14-10-16/h6,10,12,15H,1-2,7-9H2,3-5H3. The molecule has 2 unspecified atom stereocenters. The zero-order valence-corrected chi connectivity index (χ0v) is 10.7. The van der Waals surface area contributed by atoms with Crippen molar-refractivity contribution in [2.45, 2.75) is 32.4 Å². The lowest BCUT2D eigenvalue weighted by Gasteiger charge is -2.44. The van der Waals surface area contributed by atoms with E-state index in [1.165, 1.54) is 0 Å². The van der Waals surface area contributed by atoms with Gasteiger partial charge in [0.05, 0.1) is 18.4 Å². The molecule has 90 valence electrons. The van der Waals surface area contributed by atoms with E-state index in [0.29, 0.717) is 6.04 Å². The monoisotopic (exact) mass is 221 g/mol. The molecule has 0 radical (unpaired) electrons. The van der Waals surface area contributed by atoms with E-state index in [0.717, 1.165) is 25.2 Å². The summed E-state index contributed by atoms with van der Waals surface area (Å²) in [6.45, 7) is 17.0. The topological polar surface area (TPSA) is 27.6 Å². The molecule has 3 nitrogen and oxygen atoms in total. The Morgan fingerprint density at radius 3 is 2.88 bits per heavy atom. The van der Waals surface area contributed by atoms with E-state index >= 15 is 0 Å². The highest BCUT2D eigenvalue weighted by Gasteiger charge is 2.37. The van der Waals surface area contributed by atoms with Gasteiger partial charge in [0.15, 0.2) is 0 Å². The number of rotatable bonds is 6. The molecule has 1 rings (SSSR count). The van der Waals surface area contributed by atoms with E-state index in [-0.39, 0.29) is 5.54 Å². The quantitative estimate of drug-likeness (QED) is 0.693. The van der Waals surface area contributed by atoms with Crippen LogP contribution in [0.5, 0.6) is 0 Å². The molecule has 0 saturated heterocycles. The lowest BCUT2D eigenvalue weighted by Crippen LogP contribution is -2.58. The second kappa shape index (κ2) is 5.30. The molecule has 0 aromatic carbocycles. The van der Waals surface area contributed by atoms with Crippen LogP contribution < -0.4 is 5.32 Å². The zero-order chi connectivity index (χ0) is 12.2. The zero-order valence-electron chi connectivity index (χ0n) is 10.7. The van der Waals surface area contributed by atoms with Crippen molar-refractivity contribution in [1.29, 1.82) is 0 Å². The molecule has 1 aliphatic rings. The van der Waals surface area contributed by atoms with Crippen LogP contribution in [-0.4, -0.2) is 42.5 Å². The van der Waals surface area contributed by atoms with Crippen molar-refractivity contribution in [2.75, 3.05) is 19.6 Å². The first-order valence-corrected chi connectivity index (χ1v) is 5.80. The maximum atomic E-state index is 4.29. The molecule has 0 spiro atoms. The van der Waals surface area contributed by atoms with Crippen molar-refractivity contribution >= 4 is 6.34 Å². The summed E-state index contributed by atoms with van der Waals surface area (Å²) in [5.41, 5.74) is 1.08. The Morgan fingerprint density at radius 2 is 2.44 bits per heavy atom. The third-order valence-corrected chi connectivity index (χ3v) is 3.56. The fourth-order valence-corrected chi connectivity index (χ4v) is 2.05. The van der Waals surface area contributed by atoms with Gasteiger partial charge in [0.1, 0.15) is 0 Å². The molecule has 1 aliphatic heterocycles. The fourth-order valence-electron chi connectivity index (χ4n) is 2.05. The van der Waals surface area contributed by atoms with Crippen LogP contribution in [0.1, 0.15) is 20.8 Å². The molecule has 0 fully saturated rings. The van der Waals surface area contributed by atoms with Gasteiger partial charge in [0.2, 0.25) is 0 Å². The summed E-state index contributed by atoms with van der Waals surface area (Å²) in [5, 5.41) is 3.45. The van der Waals surface area contributed by atoms with Gasteiger partial charge < -0.3 is 10.2 Å². The Labute approximate surface area is 98.9 Å². The maximum absolute atomic E-state index is 4.29. The van der Waals surface area contributed by atoms with Crippen molar-refractivity contribution in [2.24, 2.45) is 4.99 Å². The molecule has 0 aromatic heterocycles. The van der Waals surface area contributed by atoms with Gasteiger partial charge in [-0.25, -0.2) is 0 Å². The number of nitrogens with one attached hydrogen (secondary N) is 1. The molecule has 0 amide bonds. The van der Waals surface area contributed by atoms with Crippen LogP contribution in [0.15, 0.2) is 29.8 Å². The predicted octanol–water partition coefficient (Wildman–Crippen LogP) is 1.83. The number of hydrogen-bond donors (Lipinski definition) is 1. The Kier molecular flexibility index (Phi) is 4.30. The molecular weight excluding hydrogens is 198 g/mol. The summed E-state index contributed by atoms with van der Waals surface area (Å²) >= 11 is 0. The van der Waals surface area contributed by atoms with Crippen LogP contribution in [0.25, 0.3) is 0 Å². The summed E-state index contributed by atoms with van der Waals surface area (Å²) in [5.74, 6) is 0. The number of nitrogens with zero attached hydrogens (tertiary/aromatic N) is 2. The fraction of sp³-hybridized carbons (Fsp3) is 0.615. The summed E-state index contributed by atoms with van der Waals surface area (Å²) in [6.07, 6.45) is 3.83. The SMILES string of the molecule is C=CCNC(C)C(C)(C(=C)C)N1C=NCC1. The minimum atomic E-state index is -0.0803. The van der Waals surface area contributed by atoms with E-state index in [1.54, 1.807) is 0 Å². The predicted molar refractivity (Wildman–Crippen MR) is 70.9 cm³/mol. The van der Waals surface area contributed by atoms with Crippen LogP contribution in [0.2, 0.25) is 0 Å². The molecule has 2 atom stereocenters. The highest BCUT2D eigenvalue weighted by atomic mass is 15.3. The van der Waals surface area contributed by atoms with Gasteiger partial charge in [-0.3, -0.25) is 4.99 Å². The highest BCUT2D eigenvalue weighted by molar-refractivity contribution is 5.60. The van der Waals surface area contributed by atoms with Crippen LogP contribution >= 0.6 is 0 Å². The van der Waals surface area contributed by atoms with Crippen LogP contribution in [0, 0.1) is 0 Å². The first kappa shape index (κ1) is 13.0. The summed E-state index contributed by atoms with van der Waals surface area (Å²) in [7, 11) is 0. The van der Waals surface area contributed by atoms with Crippen molar-refractivity contribution < 1.29 is 0 Å². The summed E-state index contributed by atoms with van der Waals surface area (Å²) < 4.78 is 0. The average molecular weight is 221 g/mol. The molecule has 0 bridgehead atoms. The Hall–Kier alpha value is -1.09. The molecule has 0 saturated carbocycles. The molecule has 16 heavy (non-hydrogen) atoms. The average Bonchev–Trinajstić information content (AvgIpc) is 2.77. The van der Waals surface area contributed by atoms with Crippen LogP contribution in [0.4, 0.5) is 0 Å². The Morgan fingerprint density at radius 1 is 1.75 bits per heavy atom. The Bertz CT molecular complexity index is 296. The van der Waals surface area contributed by atoms with Gasteiger partial charge in [-0.15, -0.1) is 6.58 Å².